The Morgan fingerprint density at radius 3 is 2.32 bits per heavy atom. The molecule has 0 aromatic heterocycles. The summed E-state index contributed by atoms with van der Waals surface area (Å²) in [6.07, 6.45) is 0.298. The fraction of sp³-hybridized carbons (Fsp3) is 0.385. The van der Waals surface area contributed by atoms with Crippen LogP contribution in [-0.2, 0) is 15.1 Å². The molecule has 0 saturated carbocycles. The molecule has 0 radical (unpaired) electrons. The Kier molecular flexibility index (Phi) is 7.11. The zero-order chi connectivity index (χ0) is 13.6. The van der Waals surface area contributed by atoms with Crippen LogP contribution in [0, 0.1) is 0 Å². The Morgan fingerprint density at radius 2 is 1.84 bits per heavy atom. The molecule has 0 aliphatic rings. The number of benzene rings is 1. The van der Waals surface area contributed by atoms with Crippen LogP contribution in [0.2, 0.25) is 0 Å². The van der Waals surface area contributed by atoms with Gasteiger partial charge < -0.3 is 16.4 Å². The highest BCUT2D eigenvalue weighted by atomic mass is 35.5. The van der Waals surface area contributed by atoms with Crippen LogP contribution in [-0.4, -0.2) is 25.4 Å². The molecule has 0 aliphatic carbocycles. The largest absolute Gasteiger partial charge is 0.367 e. The number of hydrogen-bond acceptors (Lipinski definition) is 3. The Morgan fingerprint density at radius 1 is 1.26 bits per heavy atom. The summed E-state index contributed by atoms with van der Waals surface area (Å²) in [5.74, 6) is -0.791. The van der Waals surface area contributed by atoms with E-state index < -0.39 is 11.4 Å². The van der Waals surface area contributed by atoms with E-state index in [2.05, 4.69) is 10.6 Å². The summed E-state index contributed by atoms with van der Waals surface area (Å²) < 4.78 is 0. The van der Waals surface area contributed by atoms with Crippen molar-refractivity contribution in [2.75, 3.05) is 13.6 Å². The van der Waals surface area contributed by atoms with E-state index in [0.29, 0.717) is 18.5 Å². The molecule has 1 aromatic rings. The number of nitrogens with one attached hydrogen (secondary N) is 2. The Labute approximate surface area is 119 Å². The first kappa shape index (κ1) is 17.4. The van der Waals surface area contributed by atoms with E-state index in [-0.39, 0.29) is 18.3 Å². The molecule has 0 heterocycles. The van der Waals surface area contributed by atoms with Crippen LogP contribution in [0.1, 0.15) is 18.9 Å². The van der Waals surface area contributed by atoms with E-state index in [4.69, 9.17) is 5.73 Å². The van der Waals surface area contributed by atoms with Gasteiger partial charge in [-0.3, -0.25) is 9.59 Å². The average molecular weight is 286 g/mol. The van der Waals surface area contributed by atoms with Crippen LogP contribution in [0.25, 0.3) is 0 Å². The maximum atomic E-state index is 11.7. The molecular formula is C13H20ClN3O2. The molecule has 4 N–H and O–H groups in total. The maximum absolute atomic E-state index is 11.7. The van der Waals surface area contributed by atoms with Crippen LogP contribution in [0.3, 0.4) is 0 Å². The van der Waals surface area contributed by atoms with Crippen molar-refractivity contribution in [1.29, 1.82) is 0 Å². The number of halogens is 1. The van der Waals surface area contributed by atoms with Gasteiger partial charge in [0, 0.05) is 13.0 Å². The summed E-state index contributed by atoms with van der Waals surface area (Å²) >= 11 is 0. The van der Waals surface area contributed by atoms with Crippen LogP contribution in [0.15, 0.2) is 30.3 Å². The molecule has 5 nitrogen and oxygen atoms in total. The fourth-order valence-electron chi connectivity index (χ4n) is 1.63. The molecule has 0 saturated heterocycles. The van der Waals surface area contributed by atoms with Gasteiger partial charge in [0.1, 0.15) is 5.54 Å². The number of carbonyl (C=O) groups is 2. The molecule has 1 atom stereocenters. The monoisotopic (exact) mass is 285 g/mol. The summed E-state index contributed by atoms with van der Waals surface area (Å²) in [6.45, 7) is 2.16. The number of carbonyl (C=O) groups excluding carboxylic acids is 2. The lowest BCUT2D eigenvalue weighted by atomic mass is 9.91. The highest BCUT2D eigenvalue weighted by Crippen LogP contribution is 2.20. The van der Waals surface area contributed by atoms with Gasteiger partial charge in [0.25, 0.3) is 0 Å². The molecule has 1 aromatic carbocycles. The van der Waals surface area contributed by atoms with Gasteiger partial charge in [-0.05, 0) is 19.5 Å². The zero-order valence-corrected chi connectivity index (χ0v) is 11.9. The van der Waals surface area contributed by atoms with Gasteiger partial charge in [-0.25, -0.2) is 0 Å². The van der Waals surface area contributed by atoms with Gasteiger partial charge in [-0.2, -0.15) is 0 Å². The third-order valence-electron chi connectivity index (χ3n) is 2.84. The third-order valence-corrected chi connectivity index (χ3v) is 2.84. The summed E-state index contributed by atoms with van der Waals surface area (Å²) in [5, 5.41) is 5.57. The summed E-state index contributed by atoms with van der Waals surface area (Å²) in [4.78, 5) is 23.4. The lowest BCUT2D eigenvalue weighted by Crippen LogP contribution is -2.53. The minimum Gasteiger partial charge on any atom is -0.367 e. The minimum absolute atomic E-state index is 0. The van der Waals surface area contributed by atoms with Gasteiger partial charge in [0.15, 0.2) is 0 Å². The summed E-state index contributed by atoms with van der Waals surface area (Å²) in [7, 11) is 1.76. The number of amides is 2. The highest BCUT2D eigenvalue weighted by Gasteiger charge is 2.34. The first-order chi connectivity index (χ1) is 8.50. The van der Waals surface area contributed by atoms with Crippen molar-refractivity contribution in [3.63, 3.8) is 0 Å². The van der Waals surface area contributed by atoms with Gasteiger partial charge in [-0.1, -0.05) is 30.3 Å². The Hall–Kier alpha value is -1.59. The first-order valence-corrected chi connectivity index (χ1v) is 5.81. The molecule has 0 spiro atoms. The normalized spacial score (nSPS) is 12.9. The molecule has 1 rings (SSSR count). The average Bonchev–Trinajstić information content (AvgIpc) is 2.37. The van der Waals surface area contributed by atoms with E-state index in [0.717, 1.165) is 0 Å². The van der Waals surface area contributed by atoms with Crippen LogP contribution < -0.4 is 16.4 Å². The molecule has 0 fully saturated rings. The van der Waals surface area contributed by atoms with Crippen molar-refractivity contribution in [3.8, 4) is 0 Å². The third kappa shape index (κ3) is 4.54. The zero-order valence-electron chi connectivity index (χ0n) is 11.1. The SMILES string of the molecule is CNCCC(=O)NC(C)(C(N)=O)c1ccccc1.Cl. The molecule has 0 bridgehead atoms. The van der Waals surface area contributed by atoms with E-state index in [1.165, 1.54) is 0 Å². The second-order valence-electron chi connectivity index (χ2n) is 4.26. The van der Waals surface area contributed by atoms with Gasteiger partial charge >= 0.3 is 0 Å². The number of hydrogen-bond donors (Lipinski definition) is 3. The van der Waals surface area contributed by atoms with Crippen molar-refractivity contribution < 1.29 is 9.59 Å². The van der Waals surface area contributed by atoms with Crippen molar-refractivity contribution in [1.82, 2.24) is 10.6 Å². The highest BCUT2D eigenvalue weighted by molar-refractivity contribution is 5.91. The minimum atomic E-state index is -1.17. The van der Waals surface area contributed by atoms with E-state index in [1.807, 2.05) is 6.07 Å². The van der Waals surface area contributed by atoms with Crippen LogP contribution in [0.4, 0.5) is 0 Å². The second-order valence-corrected chi connectivity index (χ2v) is 4.26. The summed E-state index contributed by atoms with van der Waals surface area (Å²) in [5.41, 5.74) is 4.91. The van der Waals surface area contributed by atoms with Gasteiger partial charge in [-0.15, -0.1) is 12.4 Å². The molecule has 6 heteroatoms. The molecule has 2 amide bonds. The fourth-order valence-corrected chi connectivity index (χ4v) is 1.63. The molecule has 0 aliphatic heterocycles. The quantitative estimate of drug-likeness (QED) is 0.713. The van der Waals surface area contributed by atoms with Crippen molar-refractivity contribution in [2.24, 2.45) is 5.73 Å². The smallest absolute Gasteiger partial charge is 0.247 e. The van der Waals surface area contributed by atoms with Gasteiger partial charge in [0.2, 0.25) is 11.8 Å². The Balaban J connectivity index is 0.00000324. The van der Waals surface area contributed by atoms with Gasteiger partial charge in [0.05, 0.1) is 0 Å². The van der Waals surface area contributed by atoms with Crippen LogP contribution in [0.5, 0.6) is 0 Å². The van der Waals surface area contributed by atoms with Crippen LogP contribution >= 0.6 is 12.4 Å². The predicted octanol–water partition coefficient (Wildman–Crippen LogP) is 0.535. The van der Waals surface area contributed by atoms with Crippen molar-refractivity contribution in [3.05, 3.63) is 35.9 Å². The Bertz CT molecular complexity index is 425. The molecule has 1 unspecified atom stereocenters. The molecule has 106 valence electrons. The second kappa shape index (κ2) is 7.76. The molecule has 19 heavy (non-hydrogen) atoms. The lowest BCUT2D eigenvalue weighted by Gasteiger charge is -2.28. The van der Waals surface area contributed by atoms with E-state index in [9.17, 15) is 9.59 Å². The van der Waals surface area contributed by atoms with E-state index >= 15 is 0 Å². The maximum Gasteiger partial charge on any atom is 0.247 e. The standard InChI is InChI=1S/C13H19N3O2.ClH/c1-13(12(14)18,10-6-4-3-5-7-10)16-11(17)8-9-15-2;/h3-7,15H,8-9H2,1-2H3,(H2,14,18)(H,16,17);1H. The van der Waals surface area contributed by atoms with Crippen molar-refractivity contribution >= 4 is 24.2 Å². The topological polar surface area (TPSA) is 84.2 Å². The predicted molar refractivity (Wildman–Crippen MR) is 76.9 cm³/mol. The van der Waals surface area contributed by atoms with E-state index in [1.54, 1.807) is 38.2 Å². The lowest BCUT2D eigenvalue weighted by molar-refractivity contribution is -0.131. The first-order valence-electron chi connectivity index (χ1n) is 5.81. The number of rotatable bonds is 6. The number of nitrogens with two attached hydrogens (primary N) is 1. The summed E-state index contributed by atoms with van der Waals surface area (Å²) in [6, 6.07) is 8.98. The number of primary amides is 1. The molecular weight excluding hydrogens is 266 g/mol. The van der Waals surface area contributed by atoms with Crippen molar-refractivity contribution in [2.45, 2.75) is 18.9 Å².